The summed E-state index contributed by atoms with van der Waals surface area (Å²) in [5.41, 5.74) is -2.45. The lowest BCUT2D eigenvalue weighted by atomic mass is 10.1. The molecule has 0 fully saturated rings. The van der Waals surface area contributed by atoms with Gasteiger partial charge in [0.25, 0.3) is 0 Å². The topological polar surface area (TPSA) is 82.1 Å². The van der Waals surface area contributed by atoms with Gasteiger partial charge in [0.1, 0.15) is 22.8 Å². The van der Waals surface area contributed by atoms with Crippen LogP contribution in [-0.2, 0) is 19.0 Å². The van der Waals surface area contributed by atoms with Crippen LogP contribution in [0.3, 0.4) is 0 Å². The van der Waals surface area contributed by atoms with Crippen molar-refractivity contribution in [2.75, 3.05) is 5.33 Å². The maximum atomic E-state index is 12.8. The molecule has 2 amide bonds. The lowest BCUT2D eigenvalue weighted by Crippen LogP contribution is -2.53. The Morgan fingerprint density at radius 2 is 1.14 bits per heavy atom. The van der Waals surface area contributed by atoms with Gasteiger partial charge in [-0.25, -0.2) is 14.4 Å². The minimum atomic E-state index is -1.14. The number of halogens is 1. The average molecular weight is 466 g/mol. The van der Waals surface area contributed by atoms with Crippen molar-refractivity contribution in [3.8, 4) is 0 Å². The van der Waals surface area contributed by atoms with E-state index in [1.807, 2.05) is 0 Å². The molecule has 0 saturated heterocycles. The van der Waals surface area contributed by atoms with E-state index in [1.54, 1.807) is 62.3 Å². The number of imide groups is 1. The van der Waals surface area contributed by atoms with Gasteiger partial charge in [-0.05, 0) is 81.6 Å². The number of nitrogens with zero attached hydrogens (tertiary/aromatic N) is 1. The van der Waals surface area contributed by atoms with Crippen molar-refractivity contribution in [3.63, 3.8) is 0 Å². The van der Waals surface area contributed by atoms with Crippen LogP contribution >= 0.6 is 15.9 Å². The normalized spacial score (nSPS) is 13.5. The maximum Gasteiger partial charge on any atom is 0.420 e. The smallest absolute Gasteiger partial charge is 0.420 e. The molecule has 0 aromatic heterocycles. The Morgan fingerprint density at radius 1 is 0.750 bits per heavy atom. The largest absolute Gasteiger partial charge is 0.458 e. The molecule has 164 valence electrons. The third-order valence-electron chi connectivity index (χ3n) is 3.03. The number of esters is 1. The number of rotatable bonds is 6. The average Bonchev–Trinajstić information content (AvgIpc) is 2.40. The first-order chi connectivity index (χ1) is 12.5. The van der Waals surface area contributed by atoms with Crippen molar-refractivity contribution < 1.29 is 28.6 Å². The summed E-state index contributed by atoms with van der Waals surface area (Å²) >= 11 is 3.35. The second-order valence-corrected chi connectivity index (χ2v) is 10.4. The number of hydrogen-bond donors (Lipinski definition) is 0. The fourth-order valence-electron chi connectivity index (χ4n) is 2.11. The van der Waals surface area contributed by atoms with Gasteiger partial charge >= 0.3 is 18.2 Å². The highest BCUT2D eigenvalue weighted by atomic mass is 79.9. The van der Waals surface area contributed by atoms with Gasteiger partial charge in [0, 0.05) is 5.33 Å². The Labute approximate surface area is 177 Å². The molecule has 0 spiro atoms. The van der Waals surface area contributed by atoms with Crippen molar-refractivity contribution in [1.82, 2.24) is 4.90 Å². The number of unbranched alkanes of at least 4 members (excludes halogenated alkanes) is 1. The van der Waals surface area contributed by atoms with Crippen LogP contribution in [0.4, 0.5) is 9.59 Å². The zero-order valence-corrected chi connectivity index (χ0v) is 20.3. The lowest BCUT2D eigenvalue weighted by Gasteiger charge is -2.33. The zero-order chi connectivity index (χ0) is 22.3. The Bertz CT molecular complexity index is 514. The first-order valence-electron chi connectivity index (χ1n) is 9.51. The van der Waals surface area contributed by atoms with E-state index in [4.69, 9.17) is 14.2 Å². The van der Waals surface area contributed by atoms with Gasteiger partial charge in [0.05, 0.1) is 0 Å². The molecular weight excluding hydrogens is 430 g/mol. The summed E-state index contributed by atoms with van der Waals surface area (Å²) in [6.07, 6.45) is -0.237. The number of amides is 2. The molecular formula is C20H36BrNO6. The molecule has 0 aliphatic heterocycles. The van der Waals surface area contributed by atoms with E-state index >= 15 is 0 Å². The van der Waals surface area contributed by atoms with Gasteiger partial charge in [-0.1, -0.05) is 15.9 Å². The zero-order valence-electron chi connectivity index (χ0n) is 18.7. The summed E-state index contributed by atoms with van der Waals surface area (Å²) < 4.78 is 16.2. The predicted octanol–water partition coefficient (Wildman–Crippen LogP) is 5.43. The lowest BCUT2D eigenvalue weighted by molar-refractivity contribution is -0.161. The molecule has 0 saturated carbocycles. The van der Waals surface area contributed by atoms with E-state index < -0.39 is 41.0 Å². The fourth-order valence-corrected chi connectivity index (χ4v) is 2.50. The third kappa shape index (κ3) is 11.5. The SMILES string of the molecule is CC(C)(C)OC(=O)[C@H](CCCCBr)N(C(=O)OC(C)(C)C)C(=O)OC(C)(C)C. The molecule has 0 bridgehead atoms. The number of ether oxygens (including phenoxy) is 3. The van der Waals surface area contributed by atoms with Crippen LogP contribution in [0.25, 0.3) is 0 Å². The standard InChI is InChI=1S/C20H36BrNO6/c1-18(2,3)26-15(23)14(12-10-11-13-21)22(16(24)27-19(4,5)6)17(25)28-20(7,8)9/h14H,10-13H2,1-9H3/t14-/m0/s1. The van der Waals surface area contributed by atoms with Crippen LogP contribution in [0.1, 0.15) is 81.6 Å². The van der Waals surface area contributed by atoms with E-state index in [-0.39, 0.29) is 6.42 Å². The van der Waals surface area contributed by atoms with Gasteiger partial charge in [-0.15, -0.1) is 0 Å². The summed E-state index contributed by atoms with van der Waals surface area (Å²) in [5, 5.41) is 0.743. The second kappa shape index (κ2) is 10.5. The molecule has 28 heavy (non-hydrogen) atoms. The molecule has 0 rings (SSSR count). The Kier molecular flexibility index (Phi) is 9.97. The van der Waals surface area contributed by atoms with E-state index in [1.165, 1.54) is 0 Å². The summed E-state index contributed by atoms with van der Waals surface area (Å²) in [7, 11) is 0. The van der Waals surface area contributed by atoms with Gasteiger partial charge in [0.15, 0.2) is 0 Å². The van der Waals surface area contributed by atoms with Crippen molar-refractivity contribution in [1.29, 1.82) is 0 Å². The second-order valence-electron chi connectivity index (χ2n) is 9.56. The first-order valence-corrected chi connectivity index (χ1v) is 10.6. The van der Waals surface area contributed by atoms with Gasteiger partial charge in [-0.3, -0.25) is 0 Å². The van der Waals surface area contributed by atoms with Crippen LogP contribution in [-0.4, -0.2) is 51.2 Å². The quantitative estimate of drug-likeness (QED) is 0.225. The maximum absolute atomic E-state index is 12.8. The number of carbonyl (C=O) groups is 3. The molecule has 0 aromatic carbocycles. The highest BCUT2D eigenvalue weighted by molar-refractivity contribution is 9.09. The monoisotopic (exact) mass is 465 g/mol. The van der Waals surface area contributed by atoms with Gasteiger partial charge < -0.3 is 14.2 Å². The molecule has 0 aliphatic rings. The summed E-state index contributed by atoms with van der Waals surface area (Å²) in [6.45, 7) is 15.3. The van der Waals surface area contributed by atoms with Crippen molar-refractivity contribution in [3.05, 3.63) is 0 Å². The number of alkyl halides is 1. The van der Waals surface area contributed by atoms with Crippen LogP contribution in [0, 0.1) is 0 Å². The molecule has 0 radical (unpaired) electrons. The van der Waals surface area contributed by atoms with Crippen LogP contribution in [0.2, 0.25) is 0 Å². The number of hydrogen-bond acceptors (Lipinski definition) is 6. The van der Waals surface area contributed by atoms with E-state index in [0.717, 1.165) is 16.7 Å². The van der Waals surface area contributed by atoms with E-state index in [2.05, 4.69) is 15.9 Å². The molecule has 0 heterocycles. The molecule has 1 atom stereocenters. The van der Waals surface area contributed by atoms with Gasteiger partial charge in [-0.2, -0.15) is 4.90 Å². The summed E-state index contributed by atoms with van der Waals surface area (Å²) in [4.78, 5) is 39.2. The highest BCUT2D eigenvalue weighted by Gasteiger charge is 2.41. The molecule has 0 unspecified atom stereocenters. The van der Waals surface area contributed by atoms with Crippen LogP contribution < -0.4 is 0 Å². The minimum absolute atomic E-state index is 0.249. The summed E-state index contributed by atoms with van der Waals surface area (Å²) in [6, 6.07) is -1.14. The fraction of sp³-hybridized carbons (Fsp3) is 0.850. The third-order valence-corrected chi connectivity index (χ3v) is 3.59. The molecule has 0 N–H and O–H groups in total. The first kappa shape index (κ1) is 26.7. The number of carbonyl (C=O) groups excluding carboxylic acids is 3. The Balaban J connectivity index is 5.92. The van der Waals surface area contributed by atoms with Crippen LogP contribution in [0.5, 0.6) is 0 Å². The molecule has 0 aliphatic carbocycles. The molecule has 0 aromatic rings. The van der Waals surface area contributed by atoms with Crippen molar-refractivity contribution in [2.45, 2.75) is 104 Å². The van der Waals surface area contributed by atoms with E-state index in [9.17, 15) is 14.4 Å². The Hall–Kier alpha value is -1.31. The summed E-state index contributed by atoms with van der Waals surface area (Å²) in [5.74, 6) is -0.668. The predicted molar refractivity (Wildman–Crippen MR) is 112 cm³/mol. The molecule has 8 heteroatoms. The molecule has 7 nitrogen and oxygen atoms in total. The van der Waals surface area contributed by atoms with Gasteiger partial charge in [0.2, 0.25) is 0 Å². The van der Waals surface area contributed by atoms with Crippen molar-refractivity contribution >= 4 is 34.1 Å². The van der Waals surface area contributed by atoms with Crippen molar-refractivity contribution in [2.24, 2.45) is 0 Å². The highest BCUT2D eigenvalue weighted by Crippen LogP contribution is 2.22. The minimum Gasteiger partial charge on any atom is -0.458 e. The van der Waals surface area contributed by atoms with E-state index in [0.29, 0.717) is 6.42 Å². The van der Waals surface area contributed by atoms with Crippen LogP contribution in [0.15, 0.2) is 0 Å². The Morgan fingerprint density at radius 3 is 1.46 bits per heavy atom.